The molecule has 1 aromatic carbocycles. The molecule has 104 valence electrons. The molecule has 2 aromatic rings. The van der Waals surface area contributed by atoms with E-state index in [4.69, 9.17) is 10.00 Å². The van der Waals surface area contributed by atoms with Crippen LogP contribution in [0.3, 0.4) is 0 Å². The van der Waals surface area contributed by atoms with Crippen LogP contribution in [0.15, 0.2) is 30.5 Å². The van der Waals surface area contributed by atoms with Crippen LogP contribution in [0.4, 0.5) is 5.69 Å². The summed E-state index contributed by atoms with van der Waals surface area (Å²) >= 11 is 1.70. The molecule has 5 heteroatoms. The number of hydrogen-bond donors (Lipinski definition) is 1. The van der Waals surface area contributed by atoms with Crippen LogP contribution in [-0.4, -0.2) is 11.6 Å². The molecule has 20 heavy (non-hydrogen) atoms. The van der Waals surface area contributed by atoms with Crippen LogP contribution in [0.2, 0.25) is 0 Å². The molecule has 1 heterocycles. The summed E-state index contributed by atoms with van der Waals surface area (Å²) in [5.41, 5.74) is 1.02. The van der Waals surface area contributed by atoms with Crippen LogP contribution >= 0.6 is 11.3 Å². The molecule has 0 saturated carbocycles. The number of unbranched alkanes of at least 4 members (excludes halogenated alkanes) is 1. The van der Waals surface area contributed by atoms with Gasteiger partial charge in [0, 0.05) is 29.2 Å². The van der Waals surface area contributed by atoms with Crippen molar-refractivity contribution in [2.45, 2.75) is 26.3 Å². The molecule has 0 aliphatic carbocycles. The standard InChI is InChI=1S/C15H17N3OS/c1-12-17-10-15(20-12)11-18-13-5-4-6-14(9-13)19-8-3-2-7-16/h4-6,9-10,18H,2-3,8,11H2,1H3. The lowest BCUT2D eigenvalue weighted by atomic mass is 10.3. The predicted molar refractivity (Wildman–Crippen MR) is 81.0 cm³/mol. The van der Waals surface area contributed by atoms with Gasteiger partial charge in [0.2, 0.25) is 0 Å². The lowest BCUT2D eigenvalue weighted by Crippen LogP contribution is -2.00. The van der Waals surface area contributed by atoms with Gasteiger partial charge in [0.15, 0.2) is 0 Å². The largest absolute Gasteiger partial charge is 0.493 e. The molecule has 2 rings (SSSR count). The Labute approximate surface area is 123 Å². The van der Waals surface area contributed by atoms with Crippen molar-refractivity contribution in [2.75, 3.05) is 11.9 Å². The highest BCUT2D eigenvalue weighted by Gasteiger charge is 2.00. The maximum absolute atomic E-state index is 8.47. The van der Waals surface area contributed by atoms with Crippen molar-refractivity contribution in [3.63, 3.8) is 0 Å². The lowest BCUT2D eigenvalue weighted by molar-refractivity contribution is 0.313. The van der Waals surface area contributed by atoms with E-state index in [0.717, 1.165) is 29.4 Å². The molecule has 0 bridgehead atoms. The van der Waals surface area contributed by atoms with Gasteiger partial charge >= 0.3 is 0 Å². The number of ether oxygens (including phenoxy) is 1. The van der Waals surface area contributed by atoms with Crippen molar-refractivity contribution >= 4 is 17.0 Å². The first-order valence-electron chi connectivity index (χ1n) is 6.53. The highest BCUT2D eigenvalue weighted by molar-refractivity contribution is 7.11. The zero-order chi connectivity index (χ0) is 14.2. The van der Waals surface area contributed by atoms with Crippen LogP contribution in [0, 0.1) is 18.3 Å². The quantitative estimate of drug-likeness (QED) is 0.788. The fraction of sp³-hybridized carbons (Fsp3) is 0.333. The number of anilines is 1. The van der Waals surface area contributed by atoms with Gasteiger partial charge in [0.05, 0.1) is 24.2 Å². The Morgan fingerprint density at radius 1 is 1.45 bits per heavy atom. The molecule has 4 nitrogen and oxygen atoms in total. The molecular weight excluding hydrogens is 270 g/mol. The van der Waals surface area contributed by atoms with E-state index < -0.39 is 0 Å². The molecule has 0 amide bonds. The molecule has 1 aromatic heterocycles. The average molecular weight is 287 g/mol. The Hall–Kier alpha value is -2.06. The third kappa shape index (κ3) is 4.56. The maximum atomic E-state index is 8.47. The molecule has 1 N–H and O–H groups in total. The Balaban J connectivity index is 1.84. The van der Waals surface area contributed by atoms with Gasteiger partial charge in [-0.05, 0) is 25.5 Å². The summed E-state index contributed by atoms with van der Waals surface area (Å²) in [7, 11) is 0. The number of rotatable bonds is 7. The number of hydrogen-bond acceptors (Lipinski definition) is 5. The fourth-order valence-electron chi connectivity index (χ4n) is 1.71. The summed E-state index contributed by atoms with van der Waals surface area (Å²) in [6.07, 6.45) is 3.19. The summed E-state index contributed by atoms with van der Waals surface area (Å²) in [6.45, 7) is 3.35. The maximum Gasteiger partial charge on any atom is 0.121 e. The van der Waals surface area contributed by atoms with Gasteiger partial charge in [0.1, 0.15) is 5.75 Å². The van der Waals surface area contributed by atoms with Gasteiger partial charge in [-0.1, -0.05) is 6.07 Å². The van der Waals surface area contributed by atoms with E-state index in [0.29, 0.717) is 13.0 Å². The normalized spacial score (nSPS) is 10.0. The number of nitriles is 1. The highest BCUT2D eigenvalue weighted by atomic mass is 32.1. The van der Waals surface area contributed by atoms with Crippen LogP contribution in [0.5, 0.6) is 5.75 Å². The third-order valence-electron chi connectivity index (χ3n) is 2.67. The molecule has 0 radical (unpaired) electrons. The van der Waals surface area contributed by atoms with Crippen LogP contribution in [0.1, 0.15) is 22.7 Å². The average Bonchev–Trinajstić information content (AvgIpc) is 2.88. The van der Waals surface area contributed by atoms with Crippen LogP contribution in [-0.2, 0) is 6.54 Å². The molecule has 0 atom stereocenters. The van der Waals surface area contributed by atoms with E-state index in [9.17, 15) is 0 Å². The molecule has 0 fully saturated rings. The van der Waals surface area contributed by atoms with Gasteiger partial charge in [-0.2, -0.15) is 5.26 Å². The van der Waals surface area contributed by atoms with Gasteiger partial charge < -0.3 is 10.1 Å². The minimum atomic E-state index is 0.530. The molecule has 0 aliphatic rings. The van der Waals surface area contributed by atoms with Crippen molar-refractivity contribution in [3.05, 3.63) is 40.3 Å². The molecule has 0 saturated heterocycles. The van der Waals surface area contributed by atoms with Crippen molar-refractivity contribution in [1.82, 2.24) is 4.98 Å². The first-order valence-corrected chi connectivity index (χ1v) is 7.34. The SMILES string of the molecule is Cc1ncc(CNc2cccc(OCCCC#N)c2)s1. The number of nitrogens with zero attached hydrogens (tertiary/aromatic N) is 2. The first kappa shape index (κ1) is 14.4. The van der Waals surface area contributed by atoms with Crippen molar-refractivity contribution in [3.8, 4) is 11.8 Å². The summed E-state index contributed by atoms with van der Waals surface area (Å²) in [5, 5.41) is 12.9. The molecule has 0 unspecified atom stereocenters. The number of nitrogens with one attached hydrogen (secondary N) is 1. The van der Waals surface area contributed by atoms with Gasteiger partial charge in [-0.15, -0.1) is 11.3 Å². The predicted octanol–water partition coefficient (Wildman–Crippen LogP) is 3.75. The van der Waals surface area contributed by atoms with E-state index in [-0.39, 0.29) is 0 Å². The molecule has 0 aliphatic heterocycles. The molecule has 0 spiro atoms. The lowest BCUT2D eigenvalue weighted by Gasteiger charge is -2.08. The van der Waals surface area contributed by atoms with E-state index in [1.54, 1.807) is 11.3 Å². The van der Waals surface area contributed by atoms with Gasteiger partial charge in [-0.25, -0.2) is 4.98 Å². The number of benzene rings is 1. The second kappa shape index (κ2) is 7.51. The minimum absolute atomic E-state index is 0.530. The number of aromatic nitrogens is 1. The Bertz CT molecular complexity index is 589. The number of aryl methyl sites for hydroxylation is 1. The Morgan fingerprint density at radius 2 is 2.35 bits per heavy atom. The molecular formula is C15H17N3OS. The summed E-state index contributed by atoms with van der Waals surface area (Å²) in [6, 6.07) is 9.97. The first-order chi connectivity index (χ1) is 9.78. The van der Waals surface area contributed by atoms with E-state index >= 15 is 0 Å². The van der Waals surface area contributed by atoms with Crippen molar-refractivity contribution in [1.29, 1.82) is 5.26 Å². The van der Waals surface area contributed by atoms with Gasteiger partial charge in [0.25, 0.3) is 0 Å². The van der Waals surface area contributed by atoms with Gasteiger partial charge in [-0.3, -0.25) is 0 Å². The van der Waals surface area contributed by atoms with Crippen LogP contribution in [0.25, 0.3) is 0 Å². The monoisotopic (exact) mass is 287 g/mol. The second-order valence-corrected chi connectivity index (χ2v) is 5.66. The fourth-order valence-corrected chi connectivity index (χ4v) is 2.45. The summed E-state index contributed by atoms with van der Waals surface area (Å²) in [4.78, 5) is 5.44. The summed E-state index contributed by atoms with van der Waals surface area (Å²) < 4.78 is 5.60. The number of thiazole rings is 1. The van der Waals surface area contributed by atoms with E-state index in [1.165, 1.54) is 4.88 Å². The van der Waals surface area contributed by atoms with E-state index in [1.807, 2.05) is 37.4 Å². The topological polar surface area (TPSA) is 57.9 Å². The Morgan fingerprint density at radius 3 is 3.10 bits per heavy atom. The smallest absolute Gasteiger partial charge is 0.121 e. The zero-order valence-corrected chi connectivity index (χ0v) is 12.2. The van der Waals surface area contributed by atoms with E-state index in [2.05, 4.69) is 16.4 Å². The van der Waals surface area contributed by atoms with Crippen molar-refractivity contribution < 1.29 is 4.74 Å². The third-order valence-corrected chi connectivity index (χ3v) is 3.58. The Kier molecular flexibility index (Phi) is 5.39. The van der Waals surface area contributed by atoms with Crippen LogP contribution < -0.4 is 10.1 Å². The second-order valence-electron chi connectivity index (χ2n) is 4.34. The zero-order valence-electron chi connectivity index (χ0n) is 11.4. The highest BCUT2D eigenvalue weighted by Crippen LogP contribution is 2.19. The minimum Gasteiger partial charge on any atom is -0.493 e. The van der Waals surface area contributed by atoms with Crippen molar-refractivity contribution in [2.24, 2.45) is 0 Å². The summed E-state index contributed by atoms with van der Waals surface area (Å²) in [5.74, 6) is 0.827.